The second kappa shape index (κ2) is 6.29. The lowest BCUT2D eigenvalue weighted by molar-refractivity contribution is 0.0798. The van der Waals surface area contributed by atoms with E-state index in [2.05, 4.69) is 36.2 Å². The number of fused-ring (bicyclic) bond motifs is 1. The zero-order valence-corrected chi connectivity index (χ0v) is 13.9. The monoisotopic (exact) mass is 306 g/mol. The number of aromatic nitrogens is 1. The summed E-state index contributed by atoms with van der Waals surface area (Å²) in [5.41, 5.74) is 5.16. The van der Waals surface area contributed by atoms with E-state index in [-0.39, 0.29) is 5.91 Å². The van der Waals surface area contributed by atoms with Crippen LogP contribution in [0.4, 0.5) is 0 Å². The molecule has 0 fully saturated rings. The summed E-state index contributed by atoms with van der Waals surface area (Å²) in [6.45, 7) is 4.73. The van der Waals surface area contributed by atoms with Gasteiger partial charge in [-0.25, -0.2) is 0 Å². The predicted octanol–water partition coefficient (Wildman–Crippen LogP) is 4.10. The number of aryl methyl sites for hydroxylation is 2. The highest BCUT2D eigenvalue weighted by atomic mass is 16.2. The molecule has 1 N–H and O–H groups in total. The lowest BCUT2D eigenvalue weighted by Crippen LogP contribution is -2.29. The van der Waals surface area contributed by atoms with Crippen LogP contribution in [0.15, 0.2) is 48.5 Å². The Hall–Kier alpha value is -2.55. The first-order valence-electron chi connectivity index (χ1n) is 7.94. The van der Waals surface area contributed by atoms with Gasteiger partial charge in [0.2, 0.25) is 0 Å². The molecule has 0 spiro atoms. The van der Waals surface area contributed by atoms with Gasteiger partial charge in [0.1, 0.15) is 0 Å². The topological polar surface area (TPSA) is 36.1 Å². The molecular weight excluding hydrogens is 284 g/mol. The number of aromatic amines is 1. The maximum Gasteiger partial charge on any atom is 0.256 e. The van der Waals surface area contributed by atoms with Crippen molar-refractivity contribution in [3.05, 3.63) is 70.9 Å². The highest BCUT2D eigenvalue weighted by Gasteiger charge is 2.19. The summed E-state index contributed by atoms with van der Waals surface area (Å²) in [5.74, 6) is 0.0790. The van der Waals surface area contributed by atoms with E-state index in [1.54, 1.807) is 0 Å². The van der Waals surface area contributed by atoms with Crippen LogP contribution in [0, 0.1) is 13.8 Å². The minimum atomic E-state index is 0.0790. The minimum absolute atomic E-state index is 0.0790. The number of carbonyl (C=O) groups is 1. The molecule has 0 saturated heterocycles. The molecule has 0 aliphatic heterocycles. The van der Waals surface area contributed by atoms with Crippen LogP contribution in [0.5, 0.6) is 0 Å². The van der Waals surface area contributed by atoms with Crippen molar-refractivity contribution in [1.29, 1.82) is 0 Å². The quantitative estimate of drug-likeness (QED) is 0.774. The van der Waals surface area contributed by atoms with Crippen molar-refractivity contribution in [1.82, 2.24) is 9.88 Å². The third kappa shape index (κ3) is 3.14. The molecule has 3 aromatic rings. The minimum Gasteiger partial charge on any atom is -0.358 e. The van der Waals surface area contributed by atoms with Crippen molar-refractivity contribution in [3.8, 4) is 0 Å². The number of hydrogen-bond donors (Lipinski definition) is 1. The van der Waals surface area contributed by atoms with Crippen LogP contribution in [0.1, 0.15) is 27.2 Å². The SMILES string of the molecule is Cc1ccc2[nH]c(C)c(C(=O)N(C)CCc3ccccc3)c2c1. The van der Waals surface area contributed by atoms with Gasteiger partial charge in [-0.2, -0.15) is 0 Å². The molecule has 118 valence electrons. The summed E-state index contributed by atoms with van der Waals surface area (Å²) in [4.78, 5) is 18.0. The van der Waals surface area contributed by atoms with E-state index >= 15 is 0 Å². The van der Waals surface area contributed by atoms with Gasteiger partial charge in [0.15, 0.2) is 0 Å². The largest absolute Gasteiger partial charge is 0.358 e. The van der Waals surface area contributed by atoms with Gasteiger partial charge in [-0.1, -0.05) is 42.0 Å². The first-order valence-corrected chi connectivity index (χ1v) is 7.94. The standard InChI is InChI=1S/C20H22N2O/c1-14-9-10-18-17(13-14)19(15(2)21-18)20(23)22(3)12-11-16-7-5-4-6-8-16/h4-10,13,21H,11-12H2,1-3H3. The normalized spacial score (nSPS) is 10.9. The zero-order chi connectivity index (χ0) is 16.4. The number of H-pyrrole nitrogens is 1. The molecule has 1 amide bonds. The highest BCUT2D eigenvalue weighted by Crippen LogP contribution is 2.24. The summed E-state index contributed by atoms with van der Waals surface area (Å²) < 4.78 is 0. The lowest BCUT2D eigenvalue weighted by Gasteiger charge is -2.17. The molecule has 1 heterocycles. The van der Waals surface area contributed by atoms with Gasteiger partial charge >= 0.3 is 0 Å². The Kier molecular flexibility index (Phi) is 4.20. The number of carbonyl (C=O) groups excluding carboxylic acids is 1. The molecule has 2 aromatic carbocycles. The predicted molar refractivity (Wildman–Crippen MR) is 94.9 cm³/mol. The summed E-state index contributed by atoms with van der Waals surface area (Å²) in [5, 5.41) is 1.01. The Morgan fingerprint density at radius 2 is 1.83 bits per heavy atom. The molecule has 0 atom stereocenters. The second-order valence-electron chi connectivity index (χ2n) is 6.14. The van der Waals surface area contributed by atoms with Crippen LogP contribution < -0.4 is 0 Å². The Labute approximate surface area is 136 Å². The highest BCUT2D eigenvalue weighted by molar-refractivity contribution is 6.08. The van der Waals surface area contributed by atoms with Crippen LogP contribution >= 0.6 is 0 Å². The molecule has 3 nitrogen and oxygen atoms in total. The molecule has 1 aromatic heterocycles. The van der Waals surface area contributed by atoms with Crippen molar-refractivity contribution < 1.29 is 4.79 Å². The first-order chi connectivity index (χ1) is 11.1. The maximum atomic E-state index is 12.9. The Balaban J connectivity index is 1.82. The molecule has 0 saturated carbocycles. The average molecular weight is 306 g/mol. The zero-order valence-electron chi connectivity index (χ0n) is 13.9. The molecule has 3 rings (SSSR count). The van der Waals surface area contributed by atoms with E-state index in [1.165, 1.54) is 5.56 Å². The summed E-state index contributed by atoms with van der Waals surface area (Å²) >= 11 is 0. The van der Waals surface area contributed by atoms with Gasteiger partial charge in [-0.05, 0) is 38.0 Å². The van der Waals surface area contributed by atoms with E-state index in [0.29, 0.717) is 6.54 Å². The molecule has 23 heavy (non-hydrogen) atoms. The number of likely N-dealkylation sites (N-methyl/N-ethyl adjacent to an activating group) is 1. The number of benzene rings is 2. The molecule has 0 unspecified atom stereocenters. The van der Waals surface area contributed by atoms with Gasteiger partial charge in [-0.15, -0.1) is 0 Å². The number of nitrogens with zero attached hydrogens (tertiary/aromatic N) is 1. The number of nitrogens with one attached hydrogen (secondary N) is 1. The fourth-order valence-electron chi connectivity index (χ4n) is 2.95. The summed E-state index contributed by atoms with van der Waals surface area (Å²) in [7, 11) is 1.87. The number of rotatable bonds is 4. The Morgan fingerprint density at radius 3 is 2.57 bits per heavy atom. The first kappa shape index (κ1) is 15.3. The van der Waals surface area contributed by atoms with E-state index in [1.807, 2.05) is 43.1 Å². The molecule has 0 aliphatic rings. The Bertz CT molecular complexity index is 833. The van der Waals surface area contributed by atoms with Crippen molar-refractivity contribution >= 4 is 16.8 Å². The van der Waals surface area contributed by atoms with Crippen molar-refractivity contribution in [2.75, 3.05) is 13.6 Å². The van der Waals surface area contributed by atoms with Crippen molar-refractivity contribution in [3.63, 3.8) is 0 Å². The lowest BCUT2D eigenvalue weighted by atomic mass is 10.1. The fourth-order valence-corrected chi connectivity index (χ4v) is 2.95. The van der Waals surface area contributed by atoms with Gasteiger partial charge < -0.3 is 9.88 Å². The van der Waals surface area contributed by atoms with Gasteiger partial charge in [0, 0.05) is 30.2 Å². The van der Waals surface area contributed by atoms with Gasteiger partial charge in [0.05, 0.1) is 5.56 Å². The van der Waals surface area contributed by atoms with Crippen molar-refractivity contribution in [2.45, 2.75) is 20.3 Å². The Morgan fingerprint density at radius 1 is 1.09 bits per heavy atom. The molecule has 0 radical (unpaired) electrons. The summed E-state index contributed by atoms with van der Waals surface area (Å²) in [6.07, 6.45) is 0.865. The van der Waals surface area contributed by atoms with Crippen LogP contribution in [0.3, 0.4) is 0 Å². The molecule has 3 heteroatoms. The fraction of sp³-hybridized carbons (Fsp3) is 0.250. The van der Waals surface area contributed by atoms with Crippen LogP contribution in [-0.4, -0.2) is 29.4 Å². The summed E-state index contributed by atoms with van der Waals surface area (Å²) in [6, 6.07) is 16.4. The van der Waals surface area contributed by atoms with E-state index in [0.717, 1.165) is 34.1 Å². The molecule has 0 bridgehead atoms. The smallest absolute Gasteiger partial charge is 0.256 e. The van der Waals surface area contributed by atoms with Gasteiger partial charge in [0.25, 0.3) is 5.91 Å². The van der Waals surface area contributed by atoms with Crippen LogP contribution in [-0.2, 0) is 6.42 Å². The van der Waals surface area contributed by atoms with E-state index in [9.17, 15) is 4.79 Å². The van der Waals surface area contributed by atoms with Crippen LogP contribution in [0.25, 0.3) is 10.9 Å². The van der Waals surface area contributed by atoms with E-state index in [4.69, 9.17) is 0 Å². The van der Waals surface area contributed by atoms with Crippen LogP contribution in [0.2, 0.25) is 0 Å². The van der Waals surface area contributed by atoms with Crippen molar-refractivity contribution in [2.24, 2.45) is 0 Å². The molecule has 0 aliphatic carbocycles. The third-order valence-electron chi connectivity index (χ3n) is 4.28. The van der Waals surface area contributed by atoms with Gasteiger partial charge in [-0.3, -0.25) is 4.79 Å². The third-order valence-corrected chi connectivity index (χ3v) is 4.28. The average Bonchev–Trinajstić information content (AvgIpc) is 2.88. The maximum absolute atomic E-state index is 12.9. The van der Waals surface area contributed by atoms with E-state index < -0.39 is 0 Å². The number of amides is 1. The number of hydrogen-bond acceptors (Lipinski definition) is 1. The second-order valence-corrected chi connectivity index (χ2v) is 6.14. The molecular formula is C20H22N2O.